The van der Waals surface area contributed by atoms with Crippen LogP contribution in [0.5, 0.6) is 5.75 Å². The first-order valence-corrected chi connectivity index (χ1v) is 6.69. The van der Waals surface area contributed by atoms with E-state index >= 15 is 0 Å². The maximum Gasteiger partial charge on any atom is 0.303 e. The van der Waals surface area contributed by atoms with E-state index in [1.54, 1.807) is 19.2 Å². The van der Waals surface area contributed by atoms with E-state index in [0.29, 0.717) is 24.3 Å². The van der Waals surface area contributed by atoms with Gasteiger partial charge in [0.15, 0.2) is 0 Å². The number of aliphatic carboxylic acids is 1. The summed E-state index contributed by atoms with van der Waals surface area (Å²) >= 11 is 0. The molecule has 0 atom stereocenters. The highest BCUT2D eigenvalue weighted by molar-refractivity contribution is 5.94. The third kappa shape index (κ3) is 5.30. The lowest BCUT2D eigenvalue weighted by Gasteiger charge is -2.08. The van der Waals surface area contributed by atoms with E-state index in [4.69, 9.17) is 9.84 Å². The Morgan fingerprint density at radius 3 is 2.65 bits per heavy atom. The van der Waals surface area contributed by atoms with E-state index in [1.807, 2.05) is 13.0 Å². The normalized spacial score (nSPS) is 10.1. The molecule has 1 rings (SSSR count). The summed E-state index contributed by atoms with van der Waals surface area (Å²) in [4.78, 5) is 22.2. The van der Waals surface area contributed by atoms with Gasteiger partial charge in [-0.05, 0) is 37.5 Å². The Bertz CT molecular complexity index is 471. The van der Waals surface area contributed by atoms with E-state index in [1.165, 1.54) is 0 Å². The number of benzene rings is 1. The first kappa shape index (κ1) is 16.0. The lowest BCUT2D eigenvalue weighted by Crippen LogP contribution is -2.24. The minimum atomic E-state index is -0.777. The number of carbonyl (C=O) groups is 2. The van der Waals surface area contributed by atoms with Crippen molar-refractivity contribution in [3.05, 3.63) is 29.3 Å². The first-order valence-electron chi connectivity index (χ1n) is 6.69. The van der Waals surface area contributed by atoms with E-state index in [9.17, 15) is 9.59 Å². The van der Waals surface area contributed by atoms with Crippen molar-refractivity contribution in [2.45, 2.75) is 32.6 Å². The average Bonchev–Trinajstić information content (AvgIpc) is 2.42. The number of amides is 1. The molecule has 0 fully saturated rings. The lowest BCUT2D eigenvalue weighted by molar-refractivity contribution is -0.137. The SMILES string of the molecule is COc1cc(C(=O)NCCCCCC(=O)O)ccc1C. The second-order valence-corrected chi connectivity index (χ2v) is 4.64. The summed E-state index contributed by atoms with van der Waals surface area (Å²) in [5.74, 6) is -0.221. The zero-order chi connectivity index (χ0) is 15.0. The Kier molecular flexibility index (Phi) is 6.56. The van der Waals surface area contributed by atoms with Crippen molar-refractivity contribution in [3.63, 3.8) is 0 Å². The number of carboxylic acid groups (broad SMARTS) is 1. The summed E-state index contributed by atoms with van der Waals surface area (Å²) < 4.78 is 5.18. The Morgan fingerprint density at radius 2 is 2.00 bits per heavy atom. The molecular formula is C15H21NO4. The van der Waals surface area contributed by atoms with Crippen LogP contribution in [0, 0.1) is 6.92 Å². The molecule has 5 nitrogen and oxygen atoms in total. The Morgan fingerprint density at radius 1 is 1.25 bits per heavy atom. The Balaban J connectivity index is 2.34. The zero-order valence-electron chi connectivity index (χ0n) is 11.9. The summed E-state index contributed by atoms with van der Waals surface area (Å²) in [6.07, 6.45) is 2.40. The molecule has 0 radical (unpaired) electrons. The number of hydrogen-bond acceptors (Lipinski definition) is 3. The van der Waals surface area contributed by atoms with Gasteiger partial charge in [-0.15, -0.1) is 0 Å². The number of unbranched alkanes of at least 4 members (excludes halogenated alkanes) is 2. The molecule has 0 aliphatic carbocycles. The van der Waals surface area contributed by atoms with Crippen LogP contribution in [0.1, 0.15) is 41.6 Å². The number of carbonyl (C=O) groups excluding carboxylic acids is 1. The van der Waals surface area contributed by atoms with Gasteiger partial charge in [0.25, 0.3) is 5.91 Å². The van der Waals surface area contributed by atoms with Gasteiger partial charge < -0.3 is 15.2 Å². The number of hydrogen-bond donors (Lipinski definition) is 2. The molecule has 0 unspecified atom stereocenters. The number of aryl methyl sites for hydroxylation is 1. The van der Waals surface area contributed by atoms with Crippen LogP contribution in [0.3, 0.4) is 0 Å². The number of carboxylic acids is 1. The molecule has 2 N–H and O–H groups in total. The highest BCUT2D eigenvalue weighted by atomic mass is 16.5. The third-order valence-electron chi connectivity index (χ3n) is 3.02. The molecule has 0 heterocycles. The number of nitrogens with one attached hydrogen (secondary N) is 1. The summed E-state index contributed by atoms with van der Waals surface area (Å²) in [7, 11) is 1.58. The molecule has 0 aliphatic heterocycles. The molecule has 0 saturated heterocycles. The highest BCUT2D eigenvalue weighted by Gasteiger charge is 2.07. The molecule has 0 bridgehead atoms. The number of ether oxygens (including phenoxy) is 1. The van der Waals surface area contributed by atoms with Crippen molar-refractivity contribution in [1.82, 2.24) is 5.32 Å². The van der Waals surface area contributed by atoms with E-state index < -0.39 is 5.97 Å². The van der Waals surface area contributed by atoms with Crippen molar-refractivity contribution in [2.75, 3.05) is 13.7 Å². The van der Waals surface area contributed by atoms with Crippen molar-refractivity contribution < 1.29 is 19.4 Å². The summed E-state index contributed by atoms with van der Waals surface area (Å²) in [5.41, 5.74) is 1.55. The van der Waals surface area contributed by atoms with Crippen LogP contribution >= 0.6 is 0 Å². The predicted octanol–water partition coefficient (Wildman–Crippen LogP) is 2.38. The predicted molar refractivity (Wildman–Crippen MR) is 76.2 cm³/mol. The molecule has 0 spiro atoms. The van der Waals surface area contributed by atoms with Gasteiger partial charge in [-0.25, -0.2) is 0 Å². The quantitative estimate of drug-likeness (QED) is 0.716. The van der Waals surface area contributed by atoms with Crippen LogP contribution in [-0.2, 0) is 4.79 Å². The van der Waals surface area contributed by atoms with Crippen molar-refractivity contribution >= 4 is 11.9 Å². The third-order valence-corrected chi connectivity index (χ3v) is 3.02. The van der Waals surface area contributed by atoms with Gasteiger partial charge in [-0.3, -0.25) is 9.59 Å². The molecule has 5 heteroatoms. The maximum absolute atomic E-state index is 11.9. The lowest BCUT2D eigenvalue weighted by atomic mass is 10.1. The van der Waals surface area contributed by atoms with Crippen LogP contribution in [0.2, 0.25) is 0 Å². The molecule has 0 saturated carbocycles. The van der Waals surface area contributed by atoms with Crippen molar-refractivity contribution in [3.8, 4) is 5.75 Å². The first-order chi connectivity index (χ1) is 9.54. The molecule has 110 valence electrons. The van der Waals surface area contributed by atoms with Crippen molar-refractivity contribution in [1.29, 1.82) is 0 Å². The molecular weight excluding hydrogens is 258 g/mol. The van der Waals surface area contributed by atoms with Gasteiger partial charge >= 0.3 is 5.97 Å². The highest BCUT2D eigenvalue weighted by Crippen LogP contribution is 2.18. The fourth-order valence-corrected chi connectivity index (χ4v) is 1.84. The van der Waals surface area contributed by atoms with Crippen molar-refractivity contribution in [2.24, 2.45) is 0 Å². The minimum Gasteiger partial charge on any atom is -0.496 e. The van der Waals surface area contributed by atoms with Crippen LogP contribution in [-0.4, -0.2) is 30.6 Å². The second-order valence-electron chi connectivity index (χ2n) is 4.64. The Labute approximate surface area is 118 Å². The standard InChI is InChI=1S/C15H21NO4/c1-11-7-8-12(10-13(11)20-2)15(19)16-9-5-3-4-6-14(17)18/h7-8,10H,3-6,9H2,1-2H3,(H,16,19)(H,17,18). The molecule has 1 amide bonds. The topological polar surface area (TPSA) is 75.6 Å². The Hall–Kier alpha value is -2.04. The van der Waals surface area contributed by atoms with Gasteiger partial charge in [-0.2, -0.15) is 0 Å². The van der Waals surface area contributed by atoms with E-state index in [0.717, 1.165) is 18.4 Å². The van der Waals surface area contributed by atoms with Gasteiger partial charge in [0, 0.05) is 18.5 Å². The van der Waals surface area contributed by atoms with Crippen LogP contribution in [0.25, 0.3) is 0 Å². The molecule has 20 heavy (non-hydrogen) atoms. The molecule has 0 aliphatic rings. The number of rotatable bonds is 8. The molecule has 1 aromatic carbocycles. The van der Waals surface area contributed by atoms with Crippen LogP contribution < -0.4 is 10.1 Å². The van der Waals surface area contributed by atoms with E-state index in [-0.39, 0.29) is 12.3 Å². The smallest absolute Gasteiger partial charge is 0.303 e. The zero-order valence-corrected chi connectivity index (χ0v) is 11.9. The van der Waals surface area contributed by atoms with E-state index in [2.05, 4.69) is 5.32 Å². The summed E-state index contributed by atoms with van der Waals surface area (Å²) in [6, 6.07) is 5.33. The summed E-state index contributed by atoms with van der Waals surface area (Å²) in [5, 5.41) is 11.3. The fraction of sp³-hybridized carbons (Fsp3) is 0.467. The van der Waals surface area contributed by atoms with Gasteiger partial charge in [0.1, 0.15) is 5.75 Å². The molecule has 0 aromatic heterocycles. The second kappa shape index (κ2) is 8.19. The minimum absolute atomic E-state index is 0.137. The van der Waals surface area contributed by atoms with Gasteiger partial charge in [0.05, 0.1) is 7.11 Å². The summed E-state index contributed by atoms with van der Waals surface area (Å²) in [6.45, 7) is 2.47. The van der Waals surface area contributed by atoms with Crippen LogP contribution in [0.4, 0.5) is 0 Å². The monoisotopic (exact) mass is 279 g/mol. The number of methoxy groups -OCH3 is 1. The van der Waals surface area contributed by atoms with Crippen LogP contribution in [0.15, 0.2) is 18.2 Å². The van der Waals surface area contributed by atoms with Gasteiger partial charge in [-0.1, -0.05) is 12.5 Å². The maximum atomic E-state index is 11.9. The largest absolute Gasteiger partial charge is 0.496 e. The fourth-order valence-electron chi connectivity index (χ4n) is 1.84. The average molecular weight is 279 g/mol. The van der Waals surface area contributed by atoms with Gasteiger partial charge in [0.2, 0.25) is 0 Å². The molecule has 1 aromatic rings.